The standard InChI is InChI=1S/2C17H15.2CH3.2ClH.Si.Zr/c2*1-12-6-8-14(9-7-12)16-5-3-4-15-10-13(2)11-17(15)16;;;;;;/h2*3-11H,1-2H3;2*1H3;2*1H;;/q4*-1;;;;. The monoisotopic (exact) mass is 658 g/mol. The first-order valence-corrected chi connectivity index (χ1v) is 16.4. The first-order valence-electron chi connectivity index (χ1n) is 12.2. The molecule has 0 amide bonds. The van der Waals surface area contributed by atoms with Gasteiger partial charge in [0.15, 0.2) is 0 Å². The molecule has 0 heterocycles. The van der Waals surface area contributed by atoms with Crippen molar-refractivity contribution in [1.82, 2.24) is 0 Å². The van der Waals surface area contributed by atoms with Crippen molar-refractivity contribution in [3.63, 3.8) is 0 Å². The van der Waals surface area contributed by atoms with E-state index >= 15 is 0 Å². The fraction of sp³-hybridized carbons (Fsp3) is 0.111. The molecule has 0 saturated heterocycles. The van der Waals surface area contributed by atoms with Crippen molar-refractivity contribution in [3.8, 4) is 22.3 Å². The molecule has 6 aromatic carbocycles. The summed E-state index contributed by atoms with van der Waals surface area (Å²) in [6.45, 7) is 11.6. The Kier molecular flexibility index (Phi) is 16.6. The van der Waals surface area contributed by atoms with Crippen LogP contribution >= 0.6 is 24.8 Å². The Morgan fingerprint density at radius 3 is 1.15 bits per heavy atom. The van der Waals surface area contributed by atoms with Crippen molar-refractivity contribution in [1.29, 1.82) is 0 Å². The van der Waals surface area contributed by atoms with Gasteiger partial charge in [0.1, 0.15) is 0 Å². The van der Waals surface area contributed by atoms with Gasteiger partial charge < -0.3 is 14.9 Å². The van der Waals surface area contributed by atoms with E-state index in [0.717, 1.165) is 0 Å². The van der Waals surface area contributed by atoms with Gasteiger partial charge in [0.2, 0.25) is 0 Å². The van der Waals surface area contributed by atoms with Crippen LogP contribution in [0.3, 0.4) is 0 Å². The number of hydrogen-bond acceptors (Lipinski definition) is 0. The zero-order chi connectivity index (χ0) is 25.7. The molecule has 6 aromatic rings. The van der Waals surface area contributed by atoms with Gasteiger partial charge in [0.25, 0.3) is 0 Å². The third kappa shape index (κ3) is 8.89. The van der Waals surface area contributed by atoms with Crippen LogP contribution in [0, 0.1) is 42.5 Å². The Bertz CT molecular complexity index is 1470. The van der Waals surface area contributed by atoms with E-state index in [1.54, 1.807) is 0 Å². The predicted octanol–water partition coefficient (Wildman–Crippen LogP) is 11.0. The summed E-state index contributed by atoms with van der Waals surface area (Å²) in [4.78, 5) is 0. The molecule has 0 spiro atoms. The Balaban J connectivity index is 0.000000655. The zero-order valence-corrected chi connectivity index (χ0v) is 29.3. The predicted molar refractivity (Wildman–Crippen MR) is 182 cm³/mol. The summed E-state index contributed by atoms with van der Waals surface area (Å²) in [7, 11) is 0. The van der Waals surface area contributed by atoms with Crippen molar-refractivity contribution in [2.45, 2.75) is 27.7 Å². The van der Waals surface area contributed by atoms with Crippen molar-refractivity contribution in [2.75, 3.05) is 0 Å². The molecule has 0 aliphatic rings. The number of benzene rings is 4. The summed E-state index contributed by atoms with van der Waals surface area (Å²) in [6.07, 6.45) is 0. The van der Waals surface area contributed by atoms with Crippen molar-refractivity contribution < 1.29 is 23.3 Å². The maximum atomic E-state index is 3.06. The molecule has 0 bridgehead atoms. The van der Waals surface area contributed by atoms with E-state index in [4.69, 9.17) is 0 Å². The fourth-order valence-electron chi connectivity index (χ4n) is 4.74. The summed E-state index contributed by atoms with van der Waals surface area (Å²) >= 11 is 1.36. The molecule has 0 aromatic heterocycles. The molecule has 2 radical (unpaired) electrons. The number of fused-ring (bicyclic) bond motifs is 2. The quantitative estimate of drug-likeness (QED) is 0.128. The van der Waals surface area contributed by atoms with E-state index in [1.165, 1.54) is 89.4 Å². The van der Waals surface area contributed by atoms with Gasteiger partial charge >= 0.3 is 30.2 Å². The first kappa shape index (κ1) is 37.8. The van der Waals surface area contributed by atoms with Gasteiger partial charge in [-0.25, -0.2) is 0 Å². The number of halogens is 2. The van der Waals surface area contributed by atoms with Crippen molar-refractivity contribution in [2.24, 2.45) is 0 Å². The van der Waals surface area contributed by atoms with Crippen LogP contribution in [-0.2, 0) is 23.3 Å². The average molecular weight is 661 g/mol. The van der Waals surface area contributed by atoms with E-state index in [-0.39, 0.29) is 39.7 Å². The average Bonchev–Trinajstić information content (AvgIpc) is 3.47. The third-order valence-electron chi connectivity index (χ3n) is 6.52. The Hall–Kier alpha value is -2.22. The number of rotatable bonds is 2. The first-order chi connectivity index (χ1) is 17.5. The van der Waals surface area contributed by atoms with Gasteiger partial charge in [-0.1, -0.05) is 96.8 Å². The minimum absolute atomic E-state index is 0. The molecular weight excluding hydrogens is 623 g/mol. The van der Waals surface area contributed by atoms with Gasteiger partial charge in [-0.3, -0.25) is 0 Å². The Morgan fingerprint density at radius 1 is 0.500 bits per heavy atom. The molecule has 0 aliphatic carbocycles. The van der Waals surface area contributed by atoms with Gasteiger partial charge in [0.05, 0.1) is 0 Å². The van der Waals surface area contributed by atoms with E-state index in [2.05, 4.69) is 144 Å². The molecule has 4 heteroatoms. The van der Waals surface area contributed by atoms with E-state index in [0.29, 0.717) is 0 Å². The van der Waals surface area contributed by atoms with Crippen molar-refractivity contribution >= 4 is 53.2 Å². The van der Waals surface area contributed by atoms with Gasteiger partial charge in [-0.15, -0.1) is 93.9 Å². The summed E-state index contributed by atoms with van der Waals surface area (Å²) in [6, 6.07) is 39.5. The topological polar surface area (TPSA) is 0 Å². The normalized spacial score (nSPS) is 9.38. The third-order valence-corrected chi connectivity index (χ3v) is 6.52. The van der Waals surface area contributed by atoms with Gasteiger partial charge in [-0.05, 0) is 25.0 Å². The van der Waals surface area contributed by atoms with Crippen LogP contribution in [0.4, 0.5) is 0 Å². The fourth-order valence-corrected chi connectivity index (χ4v) is 4.74. The second kappa shape index (κ2) is 17.6. The zero-order valence-electron chi connectivity index (χ0n) is 24.2. The van der Waals surface area contributed by atoms with Crippen LogP contribution in [0.2, 0.25) is 0 Å². The Labute approximate surface area is 271 Å². The molecule has 6 rings (SSSR count). The van der Waals surface area contributed by atoms with E-state index < -0.39 is 0 Å². The summed E-state index contributed by atoms with van der Waals surface area (Å²) < 4.78 is 0. The van der Waals surface area contributed by atoms with Crippen LogP contribution in [0.5, 0.6) is 0 Å². The molecule has 40 heavy (non-hydrogen) atoms. The number of hydrogen-bond donors (Lipinski definition) is 0. The molecule has 208 valence electrons. The summed E-state index contributed by atoms with van der Waals surface area (Å²) in [5.41, 5.74) is 10.5. The van der Waals surface area contributed by atoms with Crippen molar-refractivity contribution in [3.05, 3.63) is 146 Å². The molecular formula is C36H38Cl2SiZr-4. The number of aryl methyl sites for hydroxylation is 4. The Morgan fingerprint density at radius 2 is 0.825 bits per heavy atom. The minimum atomic E-state index is 0. The molecule has 0 atom stereocenters. The second-order valence-corrected chi connectivity index (χ2v) is 9.41. The summed E-state index contributed by atoms with van der Waals surface area (Å²) in [5.74, 6) is 0. The summed E-state index contributed by atoms with van der Waals surface area (Å²) in [5, 5.41) is 5.38. The van der Waals surface area contributed by atoms with E-state index in [9.17, 15) is 0 Å². The van der Waals surface area contributed by atoms with Crippen LogP contribution in [0.15, 0.2) is 109 Å². The van der Waals surface area contributed by atoms with Crippen LogP contribution in [0.1, 0.15) is 22.3 Å². The van der Waals surface area contributed by atoms with Gasteiger partial charge in [0, 0.05) is 0 Å². The molecule has 0 unspecified atom stereocenters. The van der Waals surface area contributed by atoms with Crippen LogP contribution < -0.4 is 0 Å². The molecule has 0 N–H and O–H groups in total. The maximum absolute atomic E-state index is 3.06. The van der Waals surface area contributed by atoms with Crippen LogP contribution in [-0.4, -0.2) is 6.88 Å². The molecule has 0 fully saturated rings. The SMILES string of the molecule is Cc1ccc(-c2cccc3[cH-]c(C)cc23)cc1.Cc1ccc(-c2cccc3[cH-]c(C)cc23)cc1.Cl.Cl.[CH3-].[CH3-].[Si]=[Zr]. The van der Waals surface area contributed by atoms with Crippen LogP contribution in [0.25, 0.3) is 43.8 Å². The molecule has 0 saturated carbocycles. The second-order valence-electron chi connectivity index (χ2n) is 9.41. The molecule has 0 nitrogen and oxygen atoms in total. The van der Waals surface area contributed by atoms with Gasteiger partial charge in [-0.2, -0.15) is 12.1 Å². The van der Waals surface area contributed by atoms with E-state index in [1.807, 2.05) is 0 Å². The molecule has 0 aliphatic heterocycles.